The summed E-state index contributed by atoms with van der Waals surface area (Å²) in [5.41, 5.74) is 0.255. The molecule has 0 radical (unpaired) electrons. The summed E-state index contributed by atoms with van der Waals surface area (Å²) in [5, 5.41) is 11.2. The minimum absolute atomic E-state index is 0.105. The molecule has 4 nitrogen and oxygen atoms in total. The molecule has 2 heterocycles. The molecule has 1 aromatic rings. The van der Waals surface area contributed by atoms with E-state index in [1.54, 1.807) is 5.38 Å². The molecule has 2 rings (SSSR count). The number of aromatic carboxylic acids is 1. The number of carboxylic acid groups (broad SMARTS) is 1. The number of aromatic nitrogens is 1. The van der Waals surface area contributed by atoms with Gasteiger partial charge in [0.2, 0.25) is 0 Å². The van der Waals surface area contributed by atoms with E-state index in [-0.39, 0.29) is 11.2 Å². The molecule has 1 aliphatic rings. The lowest BCUT2D eigenvalue weighted by atomic mass is 10.0. The second kappa shape index (κ2) is 3.48. The molecule has 0 bridgehead atoms. The van der Waals surface area contributed by atoms with Gasteiger partial charge in [-0.15, -0.1) is 11.3 Å². The van der Waals surface area contributed by atoms with Crippen LogP contribution in [-0.4, -0.2) is 28.1 Å². The van der Waals surface area contributed by atoms with Gasteiger partial charge in [0, 0.05) is 17.5 Å². The number of nitrogens with zero attached hydrogens (tertiary/aromatic N) is 2. The maximum Gasteiger partial charge on any atom is 0.355 e. The summed E-state index contributed by atoms with van der Waals surface area (Å²) in [4.78, 5) is 17.0. The van der Waals surface area contributed by atoms with Crippen molar-refractivity contribution in [2.45, 2.75) is 32.2 Å². The van der Waals surface area contributed by atoms with E-state index < -0.39 is 5.97 Å². The van der Waals surface area contributed by atoms with Crippen LogP contribution in [-0.2, 0) is 0 Å². The van der Waals surface area contributed by atoms with Crippen molar-refractivity contribution in [1.29, 1.82) is 0 Å². The lowest BCUT2D eigenvalue weighted by Gasteiger charge is -2.31. The molecule has 1 fully saturated rings. The third-order valence-corrected chi connectivity index (χ3v) is 3.71. The van der Waals surface area contributed by atoms with Gasteiger partial charge < -0.3 is 10.0 Å². The summed E-state index contributed by atoms with van der Waals surface area (Å²) < 4.78 is 0. The fourth-order valence-corrected chi connectivity index (χ4v) is 2.94. The van der Waals surface area contributed by atoms with Crippen molar-refractivity contribution >= 4 is 22.4 Å². The van der Waals surface area contributed by atoms with Crippen LogP contribution < -0.4 is 4.90 Å². The maximum atomic E-state index is 10.7. The molecule has 1 saturated heterocycles. The van der Waals surface area contributed by atoms with E-state index in [9.17, 15) is 4.79 Å². The van der Waals surface area contributed by atoms with E-state index in [1.807, 2.05) is 0 Å². The molecule has 0 spiro atoms. The summed E-state index contributed by atoms with van der Waals surface area (Å²) in [6.45, 7) is 5.31. The molecule has 82 valence electrons. The molecule has 0 atom stereocenters. The Morgan fingerprint density at radius 1 is 1.67 bits per heavy atom. The van der Waals surface area contributed by atoms with Gasteiger partial charge in [-0.05, 0) is 26.7 Å². The van der Waals surface area contributed by atoms with Crippen molar-refractivity contribution in [3.63, 3.8) is 0 Å². The third-order valence-electron chi connectivity index (χ3n) is 2.84. The van der Waals surface area contributed by atoms with Crippen LogP contribution in [0.5, 0.6) is 0 Å². The largest absolute Gasteiger partial charge is 0.476 e. The summed E-state index contributed by atoms with van der Waals surface area (Å²) in [6, 6.07) is 0. The molecule has 0 amide bonds. The predicted molar refractivity (Wildman–Crippen MR) is 59.7 cm³/mol. The maximum absolute atomic E-state index is 10.7. The van der Waals surface area contributed by atoms with Crippen LogP contribution in [0.1, 0.15) is 37.2 Å². The smallest absolute Gasteiger partial charge is 0.355 e. The summed E-state index contributed by atoms with van der Waals surface area (Å²) in [7, 11) is 0. The first-order valence-corrected chi connectivity index (χ1v) is 5.85. The quantitative estimate of drug-likeness (QED) is 0.840. The Labute approximate surface area is 92.6 Å². The molecule has 15 heavy (non-hydrogen) atoms. The van der Waals surface area contributed by atoms with Crippen molar-refractivity contribution in [2.24, 2.45) is 0 Å². The number of carboxylic acids is 1. The fourth-order valence-electron chi connectivity index (χ4n) is 1.95. The second-order valence-corrected chi connectivity index (χ2v) is 5.22. The third kappa shape index (κ3) is 1.84. The first-order valence-electron chi connectivity index (χ1n) is 4.97. The normalized spacial score (nSPS) is 19.5. The zero-order valence-corrected chi connectivity index (χ0v) is 9.67. The van der Waals surface area contributed by atoms with Crippen molar-refractivity contribution in [3.05, 3.63) is 11.1 Å². The van der Waals surface area contributed by atoms with Gasteiger partial charge in [-0.1, -0.05) is 0 Å². The van der Waals surface area contributed by atoms with Gasteiger partial charge in [0.15, 0.2) is 10.8 Å². The Bertz CT molecular complexity index is 387. The second-order valence-electron chi connectivity index (χ2n) is 4.39. The predicted octanol–water partition coefficient (Wildman–Crippen LogP) is 2.22. The average Bonchev–Trinajstić information content (AvgIpc) is 2.69. The van der Waals surface area contributed by atoms with Crippen molar-refractivity contribution < 1.29 is 9.90 Å². The summed E-state index contributed by atoms with van der Waals surface area (Å²) in [5.74, 6) is -0.950. The van der Waals surface area contributed by atoms with E-state index in [2.05, 4.69) is 23.7 Å². The van der Waals surface area contributed by atoms with Gasteiger partial charge in [-0.3, -0.25) is 0 Å². The first-order chi connectivity index (χ1) is 7.00. The lowest BCUT2D eigenvalue weighted by Crippen LogP contribution is -2.38. The van der Waals surface area contributed by atoms with Crippen LogP contribution >= 0.6 is 11.3 Å². The highest BCUT2D eigenvalue weighted by atomic mass is 32.1. The number of carbonyl (C=O) groups is 1. The summed E-state index contributed by atoms with van der Waals surface area (Å²) >= 11 is 1.41. The average molecular weight is 226 g/mol. The highest BCUT2D eigenvalue weighted by Gasteiger charge is 2.33. The van der Waals surface area contributed by atoms with Crippen molar-refractivity contribution in [2.75, 3.05) is 11.4 Å². The molecular weight excluding hydrogens is 212 g/mol. The topological polar surface area (TPSA) is 53.4 Å². The molecule has 0 saturated carbocycles. The molecular formula is C10H14N2O2S. The van der Waals surface area contributed by atoms with Crippen LogP contribution in [0.2, 0.25) is 0 Å². The van der Waals surface area contributed by atoms with Crippen LogP contribution in [0.15, 0.2) is 5.38 Å². The standard InChI is InChI=1S/C10H14N2O2S/c1-10(2)4-3-5-12(10)9-11-7(6-15-9)8(13)14/h6H,3-5H2,1-2H3,(H,13,14). The number of thiazole rings is 1. The Hall–Kier alpha value is -1.10. The van der Waals surface area contributed by atoms with Crippen LogP contribution in [0.4, 0.5) is 5.13 Å². The minimum atomic E-state index is -0.950. The Morgan fingerprint density at radius 2 is 2.40 bits per heavy atom. The molecule has 0 unspecified atom stereocenters. The van der Waals surface area contributed by atoms with E-state index in [1.165, 1.54) is 11.3 Å². The molecule has 0 aromatic carbocycles. The first kappa shape index (κ1) is 10.4. The molecule has 1 aliphatic heterocycles. The van der Waals surface area contributed by atoms with E-state index in [0.717, 1.165) is 24.5 Å². The zero-order chi connectivity index (χ0) is 11.1. The van der Waals surface area contributed by atoms with Crippen molar-refractivity contribution in [3.8, 4) is 0 Å². The molecule has 0 aliphatic carbocycles. The van der Waals surface area contributed by atoms with Crippen molar-refractivity contribution in [1.82, 2.24) is 4.98 Å². The lowest BCUT2D eigenvalue weighted by molar-refractivity contribution is 0.0691. The van der Waals surface area contributed by atoms with Crippen LogP contribution in [0.25, 0.3) is 0 Å². The number of anilines is 1. The number of hydrogen-bond donors (Lipinski definition) is 1. The van der Waals surface area contributed by atoms with Crippen LogP contribution in [0.3, 0.4) is 0 Å². The van der Waals surface area contributed by atoms with Gasteiger partial charge in [-0.2, -0.15) is 0 Å². The van der Waals surface area contributed by atoms with Gasteiger partial charge in [0.05, 0.1) is 0 Å². The molecule has 1 N–H and O–H groups in total. The Balaban J connectivity index is 2.26. The Kier molecular flexibility index (Phi) is 2.42. The van der Waals surface area contributed by atoms with Gasteiger partial charge in [-0.25, -0.2) is 9.78 Å². The number of rotatable bonds is 2. The molecule has 1 aromatic heterocycles. The SMILES string of the molecule is CC1(C)CCCN1c1nc(C(=O)O)cs1. The minimum Gasteiger partial charge on any atom is -0.476 e. The van der Waals surface area contributed by atoms with E-state index >= 15 is 0 Å². The number of hydrogen-bond acceptors (Lipinski definition) is 4. The van der Waals surface area contributed by atoms with Gasteiger partial charge in [0.1, 0.15) is 0 Å². The highest BCUT2D eigenvalue weighted by Crippen LogP contribution is 2.35. The van der Waals surface area contributed by atoms with Crippen LogP contribution in [0, 0.1) is 0 Å². The zero-order valence-electron chi connectivity index (χ0n) is 8.86. The van der Waals surface area contributed by atoms with E-state index in [0.29, 0.717) is 0 Å². The molecule has 5 heteroatoms. The Morgan fingerprint density at radius 3 is 2.87 bits per heavy atom. The highest BCUT2D eigenvalue weighted by molar-refractivity contribution is 7.13. The van der Waals surface area contributed by atoms with Gasteiger partial charge >= 0.3 is 5.97 Å². The summed E-state index contributed by atoms with van der Waals surface area (Å²) in [6.07, 6.45) is 2.28. The monoisotopic (exact) mass is 226 g/mol. The van der Waals surface area contributed by atoms with Gasteiger partial charge in [0.25, 0.3) is 0 Å². The fraction of sp³-hybridized carbons (Fsp3) is 0.600. The van der Waals surface area contributed by atoms with E-state index in [4.69, 9.17) is 5.11 Å².